The molecule has 2 aromatic carbocycles. The molecule has 112 valence electrons. The van der Waals surface area contributed by atoms with Crippen molar-refractivity contribution in [2.24, 2.45) is 5.10 Å². The first-order chi connectivity index (χ1) is 10.6. The Morgan fingerprint density at radius 2 is 1.86 bits per heavy atom. The smallest absolute Gasteiger partial charge is 0.240 e. The van der Waals surface area contributed by atoms with E-state index in [2.05, 4.69) is 5.10 Å². The highest BCUT2D eigenvalue weighted by Crippen LogP contribution is 2.33. The molecule has 5 heteroatoms. The molecule has 1 aliphatic rings. The van der Waals surface area contributed by atoms with Crippen molar-refractivity contribution in [3.63, 3.8) is 0 Å². The van der Waals surface area contributed by atoms with Crippen LogP contribution in [0.4, 0.5) is 0 Å². The van der Waals surface area contributed by atoms with Crippen LogP contribution in [0.25, 0.3) is 0 Å². The lowest BCUT2D eigenvalue weighted by atomic mass is 9.98. The minimum atomic E-state index is -0.0804. The molecule has 0 radical (unpaired) electrons. The number of hydrogen-bond donors (Lipinski definition) is 0. The lowest BCUT2D eigenvalue weighted by Crippen LogP contribution is -2.24. The van der Waals surface area contributed by atoms with Gasteiger partial charge in [0.05, 0.1) is 21.8 Å². The average molecular weight is 333 g/mol. The van der Waals surface area contributed by atoms with Crippen molar-refractivity contribution in [1.82, 2.24) is 5.01 Å². The Morgan fingerprint density at radius 3 is 2.50 bits per heavy atom. The van der Waals surface area contributed by atoms with Gasteiger partial charge in [-0.05, 0) is 23.3 Å². The zero-order valence-corrected chi connectivity index (χ0v) is 13.5. The van der Waals surface area contributed by atoms with Crippen molar-refractivity contribution in [3.05, 3.63) is 69.7 Å². The molecule has 3 rings (SSSR count). The number of carbonyl (C=O) groups excluding carboxylic acids is 1. The van der Waals surface area contributed by atoms with Gasteiger partial charge in [-0.1, -0.05) is 59.6 Å². The van der Waals surface area contributed by atoms with Gasteiger partial charge >= 0.3 is 0 Å². The molecule has 1 heterocycles. The molecule has 0 bridgehead atoms. The molecule has 1 unspecified atom stereocenters. The fraction of sp³-hybridized carbons (Fsp3) is 0.176. The largest absolute Gasteiger partial charge is 0.273 e. The molecular weight excluding hydrogens is 319 g/mol. The van der Waals surface area contributed by atoms with Crippen LogP contribution in [-0.2, 0) is 4.79 Å². The molecular formula is C17H14Cl2N2O. The zero-order valence-electron chi connectivity index (χ0n) is 12.0. The maximum atomic E-state index is 11.9. The van der Waals surface area contributed by atoms with Gasteiger partial charge in [0.15, 0.2) is 0 Å². The Hall–Kier alpha value is -1.84. The maximum Gasteiger partial charge on any atom is 0.240 e. The van der Waals surface area contributed by atoms with Crippen LogP contribution in [0.15, 0.2) is 53.6 Å². The molecule has 3 nitrogen and oxygen atoms in total. The first-order valence-corrected chi connectivity index (χ1v) is 7.69. The Bertz CT molecular complexity index is 744. The number of carbonyl (C=O) groups is 1. The number of rotatable bonds is 2. The minimum Gasteiger partial charge on any atom is -0.273 e. The average Bonchev–Trinajstić information content (AvgIpc) is 2.96. The molecule has 1 atom stereocenters. The number of hydrogen-bond acceptors (Lipinski definition) is 2. The minimum absolute atomic E-state index is 0.0797. The molecule has 0 N–H and O–H groups in total. The number of benzene rings is 2. The standard InChI is InChI=1S/C17H14Cl2N2O/c1-11(22)21-17(12-5-3-2-4-6-12)10-16(20-21)13-7-8-14(18)15(19)9-13/h2-9,17H,10H2,1H3. The van der Waals surface area contributed by atoms with E-state index in [0.29, 0.717) is 16.5 Å². The predicted octanol–water partition coefficient (Wildman–Crippen LogP) is 4.69. The van der Waals surface area contributed by atoms with Crippen molar-refractivity contribution in [2.75, 3.05) is 0 Å². The van der Waals surface area contributed by atoms with E-state index >= 15 is 0 Å². The van der Waals surface area contributed by atoms with Crippen LogP contribution < -0.4 is 0 Å². The summed E-state index contributed by atoms with van der Waals surface area (Å²) in [6, 6.07) is 15.2. The third-order valence-electron chi connectivity index (χ3n) is 3.67. The Morgan fingerprint density at radius 1 is 1.14 bits per heavy atom. The molecule has 1 amide bonds. The topological polar surface area (TPSA) is 32.7 Å². The highest BCUT2D eigenvalue weighted by atomic mass is 35.5. The first kappa shape index (κ1) is 15.1. The second-order valence-electron chi connectivity index (χ2n) is 5.17. The van der Waals surface area contributed by atoms with Crippen molar-refractivity contribution >= 4 is 34.8 Å². The van der Waals surface area contributed by atoms with Crippen molar-refractivity contribution in [1.29, 1.82) is 0 Å². The van der Waals surface area contributed by atoms with Crippen LogP contribution in [0.5, 0.6) is 0 Å². The molecule has 0 aromatic heterocycles. The van der Waals surface area contributed by atoms with E-state index in [1.54, 1.807) is 12.1 Å². The molecule has 2 aromatic rings. The van der Waals surface area contributed by atoms with Crippen molar-refractivity contribution in [2.45, 2.75) is 19.4 Å². The highest BCUT2D eigenvalue weighted by molar-refractivity contribution is 6.42. The summed E-state index contributed by atoms with van der Waals surface area (Å²) in [5.74, 6) is -0.0797. The van der Waals surface area contributed by atoms with Crippen molar-refractivity contribution < 1.29 is 4.79 Å². The maximum absolute atomic E-state index is 11.9. The van der Waals surface area contributed by atoms with Gasteiger partial charge in [-0.15, -0.1) is 0 Å². The molecule has 22 heavy (non-hydrogen) atoms. The summed E-state index contributed by atoms with van der Waals surface area (Å²) < 4.78 is 0. The number of halogens is 2. The van der Waals surface area contributed by atoms with E-state index in [0.717, 1.165) is 16.8 Å². The van der Waals surface area contributed by atoms with Crippen LogP contribution in [0.3, 0.4) is 0 Å². The SMILES string of the molecule is CC(=O)N1N=C(c2ccc(Cl)c(Cl)c2)CC1c1ccccc1. The molecule has 0 saturated carbocycles. The summed E-state index contributed by atoms with van der Waals surface area (Å²) in [6.07, 6.45) is 0.654. The highest BCUT2D eigenvalue weighted by Gasteiger charge is 2.31. The number of nitrogens with zero attached hydrogens (tertiary/aromatic N) is 2. The van der Waals surface area contributed by atoms with E-state index in [1.165, 1.54) is 11.9 Å². The molecule has 0 aliphatic carbocycles. The van der Waals surface area contributed by atoms with Gasteiger partial charge in [0.25, 0.3) is 0 Å². The molecule has 0 fully saturated rings. The van der Waals surface area contributed by atoms with Gasteiger partial charge < -0.3 is 0 Å². The molecule has 1 aliphatic heterocycles. The normalized spacial score (nSPS) is 17.5. The fourth-order valence-electron chi connectivity index (χ4n) is 2.59. The van der Waals surface area contributed by atoms with Crippen LogP contribution in [0.1, 0.15) is 30.5 Å². The van der Waals surface area contributed by atoms with Gasteiger partial charge in [0.1, 0.15) is 0 Å². The van der Waals surface area contributed by atoms with Crippen molar-refractivity contribution in [3.8, 4) is 0 Å². The summed E-state index contributed by atoms with van der Waals surface area (Å²) in [5, 5.41) is 7.01. The van der Waals surface area contributed by atoms with E-state index in [1.807, 2.05) is 36.4 Å². The quantitative estimate of drug-likeness (QED) is 0.785. The van der Waals surface area contributed by atoms with Crippen LogP contribution in [0.2, 0.25) is 10.0 Å². The first-order valence-electron chi connectivity index (χ1n) is 6.94. The predicted molar refractivity (Wildman–Crippen MR) is 89.3 cm³/mol. The number of hydrazone groups is 1. The van der Waals surface area contributed by atoms with E-state index < -0.39 is 0 Å². The second-order valence-corrected chi connectivity index (χ2v) is 5.98. The van der Waals surface area contributed by atoms with E-state index in [4.69, 9.17) is 23.2 Å². The summed E-state index contributed by atoms with van der Waals surface area (Å²) >= 11 is 12.0. The van der Waals surface area contributed by atoms with Crippen LogP contribution >= 0.6 is 23.2 Å². The van der Waals surface area contributed by atoms with Gasteiger partial charge in [-0.3, -0.25) is 4.79 Å². The van der Waals surface area contributed by atoms with E-state index in [9.17, 15) is 4.79 Å². The molecule has 0 spiro atoms. The lowest BCUT2D eigenvalue weighted by molar-refractivity contribution is -0.130. The van der Waals surface area contributed by atoms with Gasteiger partial charge in [0, 0.05) is 13.3 Å². The molecule has 0 saturated heterocycles. The second kappa shape index (κ2) is 6.11. The van der Waals surface area contributed by atoms with Crippen LogP contribution in [-0.4, -0.2) is 16.6 Å². The Labute approximate surface area is 139 Å². The summed E-state index contributed by atoms with van der Waals surface area (Å²) in [7, 11) is 0. The lowest BCUT2D eigenvalue weighted by Gasteiger charge is -2.20. The summed E-state index contributed by atoms with van der Waals surface area (Å²) in [6.45, 7) is 1.53. The van der Waals surface area contributed by atoms with Gasteiger partial charge in [-0.25, -0.2) is 5.01 Å². The third-order valence-corrected chi connectivity index (χ3v) is 4.41. The zero-order chi connectivity index (χ0) is 15.7. The summed E-state index contributed by atoms with van der Waals surface area (Å²) in [4.78, 5) is 11.9. The third kappa shape index (κ3) is 2.87. The van der Waals surface area contributed by atoms with Crippen LogP contribution in [0, 0.1) is 0 Å². The Balaban J connectivity index is 1.96. The monoisotopic (exact) mass is 332 g/mol. The fourth-order valence-corrected chi connectivity index (χ4v) is 2.88. The Kier molecular flexibility index (Phi) is 4.19. The summed E-state index contributed by atoms with van der Waals surface area (Å²) in [5.41, 5.74) is 2.79. The number of amides is 1. The van der Waals surface area contributed by atoms with E-state index in [-0.39, 0.29) is 11.9 Å². The van der Waals surface area contributed by atoms with Gasteiger partial charge in [0.2, 0.25) is 5.91 Å². The van der Waals surface area contributed by atoms with Gasteiger partial charge in [-0.2, -0.15) is 5.10 Å².